The van der Waals surface area contributed by atoms with E-state index in [1.807, 2.05) is 61.5 Å². The molecule has 3 aromatic carbocycles. The van der Waals surface area contributed by atoms with Crippen molar-refractivity contribution in [3.8, 4) is 0 Å². The Bertz CT molecular complexity index is 1440. The van der Waals surface area contributed by atoms with Crippen molar-refractivity contribution in [2.45, 2.75) is 76.9 Å². The number of hydrogen-bond acceptors (Lipinski definition) is 4. The molecule has 3 aromatic rings. The average molecular weight is 624 g/mol. The number of nitrogens with one attached hydrogen (secondary N) is 1. The average Bonchev–Trinajstić information content (AvgIpc) is 2.99. The molecule has 1 N–H and O–H groups in total. The van der Waals surface area contributed by atoms with E-state index in [4.69, 9.17) is 11.6 Å². The highest BCUT2D eigenvalue weighted by Crippen LogP contribution is 2.23. The Morgan fingerprint density at radius 2 is 1.56 bits per heavy atom. The van der Waals surface area contributed by atoms with E-state index in [1.165, 1.54) is 10.7 Å². The van der Waals surface area contributed by atoms with Crippen molar-refractivity contribution in [1.29, 1.82) is 0 Å². The van der Waals surface area contributed by atoms with Crippen LogP contribution in [-0.2, 0) is 32.6 Å². The van der Waals surface area contributed by atoms with Crippen LogP contribution in [0.3, 0.4) is 0 Å². The van der Waals surface area contributed by atoms with Gasteiger partial charge in [-0.2, -0.15) is 0 Å². The summed E-state index contributed by atoms with van der Waals surface area (Å²) in [5, 5.41) is 3.77. The van der Waals surface area contributed by atoms with Gasteiger partial charge >= 0.3 is 0 Å². The summed E-state index contributed by atoms with van der Waals surface area (Å²) in [5.41, 5.74) is 3.51. The first-order valence-electron chi connectivity index (χ1n) is 15.0. The van der Waals surface area contributed by atoms with E-state index >= 15 is 0 Å². The molecule has 0 spiro atoms. The number of hydrogen-bond donors (Lipinski definition) is 1. The van der Waals surface area contributed by atoms with Gasteiger partial charge in [0.25, 0.3) is 0 Å². The van der Waals surface area contributed by atoms with Gasteiger partial charge in [0.15, 0.2) is 0 Å². The number of carbonyl (C=O) groups is 2. The number of anilines is 1. The molecule has 230 valence electrons. The maximum atomic E-state index is 14.0. The van der Waals surface area contributed by atoms with Crippen LogP contribution in [0.15, 0.2) is 78.9 Å². The Kier molecular flexibility index (Phi) is 11.7. The molecule has 1 fully saturated rings. The number of rotatable bonds is 13. The number of aryl methyl sites for hydroxylation is 1. The first-order chi connectivity index (χ1) is 20.6. The second-order valence-corrected chi connectivity index (χ2v) is 13.8. The summed E-state index contributed by atoms with van der Waals surface area (Å²) >= 11 is 6.01. The minimum Gasteiger partial charge on any atom is -0.352 e. The first kappa shape index (κ1) is 32.6. The van der Waals surface area contributed by atoms with Crippen LogP contribution in [-0.4, -0.2) is 50.0 Å². The zero-order valence-electron chi connectivity index (χ0n) is 25.0. The third-order valence-electron chi connectivity index (χ3n) is 7.96. The van der Waals surface area contributed by atoms with Crippen molar-refractivity contribution in [2.75, 3.05) is 17.1 Å². The molecule has 0 bridgehead atoms. The molecular formula is C34H42ClN3O4S. The van der Waals surface area contributed by atoms with Gasteiger partial charge in [-0.15, -0.1) is 0 Å². The summed E-state index contributed by atoms with van der Waals surface area (Å²) in [6, 6.07) is 23.7. The molecule has 2 amide bonds. The highest BCUT2D eigenvalue weighted by molar-refractivity contribution is 7.92. The summed E-state index contributed by atoms with van der Waals surface area (Å²) in [6.07, 6.45) is 7.17. The van der Waals surface area contributed by atoms with E-state index < -0.39 is 16.1 Å². The maximum absolute atomic E-state index is 14.0. The summed E-state index contributed by atoms with van der Waals surface area (Å²) in [7, 11) is -3.59. The summed E-state index contributed by atoms with van der Waals surface area (Å²) in [4.78, 5) is 29.6. The van der Waals surface area contributed by atoms with Crippen molar-refractivity contribution < 1.29 is 18.0 Å². The zero-order valence-corrected chi connectivity index (χ0v) is 26.6. The molecule has 1 saturated carbocycles. The third kappa shape index (κ3) is 9.83. The Hall–Kier alpha value is -3.36. The minimum absolute atomic E-state index is 0.0907. The molecule has 0 saturated heterocycles. The molecule has 1 atom stereocenters. The number of nitrogens with zero attached hydrogens (tertiary/aromatic N) is 2. The van der Waals surface area contributed by atoms with Crippen LogP contribution in [0.2, 0.25) is 5.02 Å². The fraction of sp³-hybridized carbons (Fsp3) is 0.412. The van der Waals surface area contributed by atoms with Gasteiger partial charge in [0.2, 0.25) is 21.8 Å². The minimum atomic E-state index is -3.59. The van der Waals surface area contributed by atoms with Crippen LogP contribution in [0.1, 0.15) is 61.6 Å². The van der Waals surface area contributed by atoms with E-state index in [0.29, 0.717) is 23.6 Å². The van der Waals surface area contributed by atoms with Crippen molar-refractivity contribution in [2.24, 2.45) is 0 Å². The number of benzene rings is 3. The third-order valence-corrected chi connectivity index (χ3v) is 9.41. The predicted octanol–water partition coefficient (Wildman–Crippen LogP) is 6.28. The van der Waals surface area contributed by atoms with Crippen LogP contribution < -0.4 is 9.62 Å². The molecule has 0 aliphatic heterocycles. The van der Waals surface area contributed by atoms with E-state index in [9.17, 15) is 18.0 Å². The van der Waals surface area contributed by atoms with E-state index in [0.717, 1.165) is 48.6 Å². The smallest absolute Gasteiger partial charge is 0.243 e. The Morgan fingerprint density at radius 1 is 0.907 bits per heavy atom. The number of carbonyl (C=O) groups excluding carboxylic acids is 2. The monoisotopic (exact) mass is 623 g/mol. The fourth-order valence-corrected chi connectivity index (χ4v) is 6.69. The quantitative estimate of drug-likeness (QED) is 0.243. The Labute approximate surface area is 261 Å². The predicted molar refractivity (Wildman–Crippen MR) is 174 cm³/mol. The van der Waals surface area contributed by atoms with Gasteiger partial charge in [0.05, 0.1) is 11.9 Å². The van der Waals surface area contributed by atoms with Gasteiger partial charge in [0, 0.05) is 37.0 Å². The molecule has 0 unspecified atom stereocenters. The van der Waals surface area contributed by atoms with Crippen molar-refractivity contribution in [3.63, 3.8) is 0 Å². The molecule has 1 aliphatic rings. The van der Waals surface area contributed by atoms with E-state index in [2.05, 4.69) is 5.32 Å². The maximum Gasteiger partial charge on any atom is 0.243 e. The molecular weight excluding hydrogens is 582 g/mol. The Morgan fingerprint density at radius 3 is 2.19 bits per heavy atom. The van der Waals surface area contributed by atoms with Gasteiger partial charge < -0.3 is 10.2 Å². The second kappa shape index (κ2) is 15.4. The summed E-state index contributed by atoms with van der Waals surface area (Å²) < 4.78 is 26.5. The van der Waals surface area contributed by atoms with Crippen LogP contribution in [0.5, 0.6) is 0 Å². The molecule has 0 radical (unpaired) electrons. The van der Waals surface area contributed by atoms with Crippen molar-refractivity contribution in [3.05, 3.63) is 101 Å². The molecule has 43 heavy (non-hydrogen) atoms. The van der Waals surface area contributed by atoms with Crippen molar-refractivity contribution >= 4 is 39.1 Å². The number of sulfonamides is 1. The summed E-state index contributed by atoms with van der Waals surface area (Å²) in [6.45, 7) is 2.42. The largest absolute Gasteiger partial charge is 0.352 e. The lowest BCUT2D eigenvalue weighted by Gasteiger charge is -2.34. The standard InChI is InChI=1S/C34H42ClN3O4S/c1-26-15-17-28(18-16-26)25-37(33(39)14-9-23-38(43(2,41)42)31-21-19-29(35)20-22-31)32(24-27-10-5-3-6-11-27)34(40)36-30-12-7-4-8-13-30/h3,5-6,10-11,15-22,30,32H,4,7-9,12-14,23-25H2,1-2H3,(H,36,40)/t32-/m1/s1. The van der Waals surface area contributed by atoms with Gasteiger partial charge in [0.1, 0.15) is 6.04 Å². The number of halogens is 1. The highest BCUT2D eigenvalue weighted by atomic mass is 35.5. The van der Waals surface area contributed by atoms with Crippen LogP contribution in [0, 0.1) is 6.92 Å². The van der Waals surface area contributed by atoms with Crippen LogP contribution in [0.25, 0.3) is 0 Å². The first-order valence-corrected chi connectivity index (χ1v) is 17.3. The van der Waals surface area contributed by atoms with Crippen molar-refractivity contribution in [1.82, 2.24) is 10.2 Å². The lowest BCUT2D eigenvalue weighted by atomic mass is 9.94. The number of amides is 2. The van der Waals surface area contributed by atoms with Gasteiger partial charge in [-0.1, -0.05) is 91.0 Å². The lowest BCUT2D eigenvalue weighted by molar-refractivity contribution is -0.141. The van der Waals surface area contributed by atoms with E-state index in [-0.39, 0.29) is 37.4 Å². The highest BCUT2D eigenvalue weighted by Gasteiger charge is 2.32. The fourth-order valence-electron chi connectivity index (χ4n) is 5.60. The van der Waals surface area contributed by atoms with Gasteiger partial charge in [-0.25, -0.2) is 8.42 Å². The molecule has 9 heteroatoms. The van der Waals surface area contributed by atoms with Gasteiger partial charge in [-0.05, 0) is 61.6 Å². The molecule has 7 nitrogen and oxygen atoms in total. The molecule has 0 aromatic heterocycles. The SMILES string of the molecule is Cc1ccc(CN(C(=O)CCCN(c2ccc(Cl)cc2)S(C)(=O)=O)[C@H](Cc2ccccc2)C(=O)NC2CCCCC2)cc1. The lowest BCUT2D eigenvalue weighted by Crippen LogP contribution is -2.52. The van der Waals surface area contributed by atoms with Gasteiger partial charge in [-0.3, -0.25) is 13.9 Å². The molecule has 4 rings (SSSR count). The zero-order chi connectivity index (χ0) is 30.8. The topological polar surface area (TPSA) is 86.8 Å². The molecule has 0 heterocycles. The van der Waals surface area contributed by atoms with E-state index in [1.54, 1.807) is 29.2 Å². The van der Waals surface area contributed by atoms with Crippen LogP contribution in [0.4, 0.5) is 5.69 Å². The normalized spacial score (nSPS) is 14.6. The second-order valence-electron chi connectivity index (χ2n) is 11.5. The molecule has 1 aliphatic carbocycles. The summed E-state index contributed by atoms with van der Waals surface area (Å²) in [5.74, 6) is -0.333. The Balaban J connectivity index is 1.58. The van der Waals surface area contributed by atoms with Crippen LogP contribution >= 0.6 is 11.6 Å².